The highest BCUT2D eigenvalue weighted by Gasteiger charge is 2.09. The van der Waals surface area contributed by atoms with Gasteiger partial charge in [0.15, 0.2) is 17.2 Å². The number of hydrogen-bond acceptors (Lipinski definition) is 3. The van der Waals surface area contributed by atoms with Gasteiger partial charge in [-0.3, -0.25) is 0 Å². The number of aromatic hydroxyl groups is 3. The molecule has 0 heterocycles. The standard InChI is InChI=1S/C14H14O3/c1-2-9-4-3-5-10(6-9)11-7-12(15)14(17)13(16)8-11/h3-8,15-17H,2H2,1H3. The molecule has 0 aliphatic heterocycles. The summed E-state index contributed by atoms with van der Waals surface area (Å²) in [6.45, 7) is 2.06. The minimum absolute atomic E-state index is 0.318. The van der Waals surface area contributed by atoms with Gasteiger partial charge in [0.1, 0.15) is 0 Å². The van der Waals surface area contributed by atoms with Gasteiger partial charge in [0, 0.05) is 0 Å². The van der Waals surface area contributed by atoms with Crippen LogP contribution in [0.3, 0.4) is 0 Å². The Hall–Kier alpha value is -2.16. The molecule has 3 nitrogen and oxygen atoms in total. The van der Waals surface area contributed by atoms with Gasteiger partial charge in [-0.15, -0.1) is 0 Å². The predicted molar refractivity (Wildman–Crippen MR) is 66.3 cm³/mol. The van der Waals surface area contributed by atoms with Crippen molar-refractivity contribution in [3.05, 3.63) is 42.0 Å². The molecule has 0 aliphatic rings. The molecule has 88 valence electrons. The third kappa shape index (κ3) is 2.18. The van der Waals surface area contributed by atoms with E-state index < -0.39 is 5.75 Å². The van der Waals surface area contributed by atoms with Crippen LogP contribution in [0.4, 0.5) is 0 Å². The largest absolute Gasteiger partial charge is 0.504 e. The number of phenols is 3. The van der Waals surface area contributed by atoms with Gasteiger partial charge >= 0.3 is 0 Å². The first-order chi connectivity index (χ1) is 8.11. The average molecular weight is 230 g/mol. The molecule has 0 unspecified atom stereocenters. The molecule has 0 atom stereocenters. The average Bonchev–Trinajstić information content (AvgIpc) is 2.35. The van der Waals surface area contributed by atoms with Crippen molar-refractivity contribution >= 4 is 0 Å². The number of benzene rings is 2. The van der Waals surface area contributed by atoms with Gasteiger partial charge < -0.3 is 15.3 Å². The van der Waals surface area contributed by atoms with Crippen molar-refractivity contribution in [1.82, 2.24) is 0 Å². The van der Waals surface area contributed by atoms with E-state index in [2.05, 4.69) is 6.92 Å². The number of phenolic OH excluding ortho intramolecular Hbond substituents is 3. The van der Waals surface area contributed by atoms with Gasteiger partial charge in [0.05, 0.1) is 0 Å². The molecule has 0 spiro atoms. The second kappa shape index (κ2) is 4.37. The van der Waals surface area contributed by atoms with E-state index in [-0.39, 0.29) is 11.5 Å². The fourth-order valence-corrected chi connectivity index (χ4v) is 1.74. The number of rotatable bonds is 2. The molecule has 0 aromatic heterocycles. The fourth-order valence-electron chi connectivity index (χ4n) is 1.74. The Kier molecular flexibility index (Phi) is 2.91. The molecule has 0 saturated heterocycles. The van der Waals surface area contributed by atoms with Crippen LogP contribution in [0.15, 0.2) is 36.4 Å². The summed E-state index contributed by atoms with van der Waals surface area (Å²) >= 11 is 0. The first kappa shape index (κ1) is 11.3. The van der Waals surface area contributed by atoms with Crippen LogP contribution >= 0.6 is 0 Å². The highest BCUT2D eigenvalue weighted by molar-refractivity contribution is 5.70. The summed E-state index contributed by atoms with van der Waals surface area (Å²) in [5.41, 5.74) is 2.75. The van der Waals surface area contributed by atoms with Crippen LogP contribution in [0.1, 0.15) is 12.5 Å². The molecule has 3 N–H and O–H groups in total. The Morgan fingerprint density at radius 1 is 0.882 bits per heavy atom. The third-order valence-electron chi connectivity index (χ3n) is 2.74. The molecule has 0 saturated carbocycles. The van der Waals surface area contributed by atoms with Crippen molar-refractivity contribution in [1.29, 1.82) is 0 Å². The molecule has 2 rings (SSSR count). The molecule has 0 fully saturated rings. The SMILES string of the molecule is CCc1cccc(-c2cc(O)c(O)c(O)c2)c1. The summed E-state index contributed by atoms with van der Waals surface area (Å²) in [6.07, 6.45) is 0.921. The molecule has 0 aliphatic carbocycles. The van der Waals surface area contributed by atoms with Crippen LogP contribution < -0.4 is 0 Å². The predicted octanol–water partition coefficient (Wildman–Crippen LogP) is 3.03. The molecule has 2 aromatic carbocycles. The van der Waals surface area contributed by atoms with Crippen molar-refractivity contribution in [2.24, 2.45) is 0 Å². The molecule has 0 bridgehead atoms. The molecular weight excluding hydrogens is 216 g/mol. The van der Waals surface area contributed by atoms with Crippen molar-refractivity contribution in [2.45, 2.75) is 13.3 Å². The molecule has 0 radical (unpaired) electrons. The lowest BCUT2D eigenvalue weighted by Gasteiger charge is -2.07. The molecule has 2 aromatic rings. The quantitative estimate of drug-likeness (QED) is 0.695. The fraction of sp³-hybridized carbons (Fsp3) is 0.143. The van der Waals surface area contributed by atoms with Gasteiger partial charge in [-0.05, 0) is 35.2 Å². The Bertz CT molecular complexity index is 524. The zero-order chi connectivity index (χ0) is 12.4. The summed E-state index contributed by atoms with van der Waals surface area (Å²) in [4.78, 5) is 0. The maximum absolute atomic E-state index is 9.46. The van der Waals surface area contributed by atoms with Gasteiger partial charge in [0.25, 0.3) is 0 Å². The van der Waals surface area contributed by atoms with E-state index in [1.165, 1.54) is 17.7 Å². The number of hydrogen-bond donors (Lipinski definition) is 3. The third-order valence-corrected chi connectivity index (χ3v) is 2.74. The van der Waals surface area contributed by atoms with E-state index in [4.69, 9.17) is 0 Å². The van der Waals surface area contributed by atoms with E-state index in [1.54, 1.807) is 0 Å². The van der Waals surface area contributed by atoms with E-state index in [0.717, 1.165) is 12.0 Å². The smallest absolute Gasteiger partial charge is 0.200 e. The lowest BCUT2D eigenvalue weighted by Crippen LogP contribution is -1.83. The molecular formula is C14H14O3. The van der Waals surface area contributed by atoms with E-state index in [1.807, 2.05) is 24.3 Å². The molecule has 17 heavy (non-hydrogen) atoms. The summed E-state index contributed by atoms with van der Waals surface area (Å²) < 4.78 is 0. The van der Waals surface area contributed by atoms with Crippen LogP contribution in [0.25, 0.3) is 11.1 Å². The van der Waals surface area contributed by atoms with Crippen LogP contribution in [-0.4, -0.2) is 15.3 Å². The summed E-state index contributed by atoms with van der Waals surface area (Å²) in [5.74, 6) is -1.12. The minimum atomic E-state index is -0.486. The lowest BCUT2D eigenvalue weighted by molar-refractivity contribution is 0.368. The van der Waals surface area contributed by atoms with Crippen LogP contribution in [0.5, 0.6) is 17.2 Å². The van der Waals surface area contributed by atoms with Gasteiger partial charge in [0.2, 0.25) is 0 Å². The van der Waals surface area contributed by atoms with Crippen molar-refractivity contribution in [3.8, 4) is 28.4 Å². The van der Waals surface area contributed by atoms with E-state index in [0.29, 0.717) is 5.56 Å². The normalized spacial score (nSPS) is 10.4. The van der Waals surface area contributed by atoms with Crippen molar-refractivity contribution in [2.75, 3.05) is 0 Å². The summed E-state index contributed by atoms with van der Waals surface area (Å²) in [6, 6.07) is 10.7. The highest BCUT2D eigenvalue weighted by atomic mass is 16.3. The maximum atomic E-state index is 9.46. The Balaban J connectivity index is 2.52. The second-order valence-corrected chi connectivity index (χ2v) is 3.92. The Morgan fingerprint density at radius 2 is 1.53 bits per heavy atom. The monoisotopic (exact) mass is 230 g/mol. The summed E-state index contributed by atoms with van der Waals surface area (Å²) in [7, 11) is 0. The van der Waals surface area contributed by atoms with Crippen LogP contribution in [0, 0.1) is 0 Å². The van der Waals surface area contributed by atoms with Gasteiger partial charge in [-0.2, -0.15) is 0 Å². The van der Waals surface area contributed by atoms with Crippen LogP contribution in [-0.2, 0) is 6.42 Å². The first-order valence-corrected chi connectivity index (χ1v) is 5.46. The van der Waals surface area contributed by atoms with Gasteiger partial charge in [-0.1, -0.05) is 31.2 Å². The second-order valence-electron chi connectivity index (χ2n) is 3.92. The molecule has 3 heteroatoms. The van der Waals surface area contributed by atoms with E-state index in [9.17, 15) is 15.3 Å². The maximum Gasteiger partial charge on any atom is 0.200 e. The highest BCUT2D eigenvalue weighted by Crippen LogP contribution is 2.38. The Morgan fingerprint density at radius 3 is 2.12 bits per heavy atom. The number of aryl methyl sites for hydroxylation is 1. The minimum Gasteiger partial charge on any atom is -0.504 e. The van der Waals surface area contributed by atoms with Crippen LogP contribution in [0.2, 0.25) is 0 Å². The van der Waals surface area contributed by atoms with Crippen molar-refractivity contribution in [3.63, 3.8) is 0 Å². The van der Waals surface area contributed by atoms with Gasteiger partial charge in [-0.25, -0.2) is 0 Å². The Labute approximate surface area is 99.6 Å². The summed E-state index contributed by atoms with van der Waals surface area (Å²) in [5, 5.41) is 28.2. The topological polar surface area (TPSA) is 60.7 Å². The zero-order valence-corrected chi connectivity index (χ0v) is 9.51. The van der Waals surface area contributed by atoms with Crippen molar-refractivity contribution < 1.29 is 15.3 Å². The van der Waals surface area contributed by atoms with E-state index >= 15 is 0 Å². The lowest BCUT2D eigenvalue weighted by atomic mass is 10.0. The molecule has 0 amide bonds. The zero-order valence-electron chi connectivity index (χ0n) is 9.51. The first-order valence-electron chi connectivity index (χ1n) is 5.46.